The monoisotopic (exact) mass is 112 g/mol. The van der Waals surface area contributed by atoms with E-state index in [1.807, 2.05) is 6.92 Å². The summed E-state index contributed by atoms with van der Waals surface area (Å²) in [6.07, 6.45) is 3.13. The third-order valence-corrected chi connectivity index (χ3v) is 1.04. The SMILES string of the molecule is C=C/C=C(\C)[C@H](C)O. The Labute approximate surface area is 50.3 Å². The Morgan fingerprint density at radius 2 is 2.25 bits per heavy atom. The van der Waals surface area contributed by atoms with Gasteiger partial charge in [0, 0.05) is 0 Å². The zero-order chi connectivity index (χ0) is 6.57. The van der Waals surface area contributed by atoms with Gasteiger partial charge in [-0.15, -0.1) is 0 Å². The minimum absolute atomic E-state index is 0.340. The highest BCUT2D eigenvalue weighted by Crippen LogP contribution is 1.98. The van der Waals surface area contributed by atoms with Gasteiger partial charge in [-0.1, -0.05) is 18.7 Å². The Hall–Kier alpha value is -0.560. The largest absolute Gasteiger partial charge is 0.389 e. The molecule has 0 fully saturated rings. The second-order valence-electron chi connectivity index (χ2n) is 1.82. The van der Waals surface area contributed by atoms with E-state index in [1.165, 1.54) is 0 Å². The van der Waals surface area contributed by atoms with E-state index in [9.17, 15) is 0 Å². The van der Waals surface area contributed by atoms with Gasteiger partial charge in [-0.2, -0.15) is 0 Å². The van der Waals surface area contributed by atoms with Crippen molar-refractivity contribution in [1.29, 1.82) is 0 Å². The van der Waals surface area contributed by atoms with Crippen molar-refractivity contribution in [3.05, 3.63) is 24.3 Å². The Bertz CT molecular complexity index is 101. The summed E-state index contributed by atoms with van der Waals surface area (Å²) in [5, 5.41) is 8.84. The smallest absolute Gasteiger partial charge is 0.0722 e. The molecular weight excluding hydrogens is 100 g/mol. The topological polar surface area (TPSA) is 20.2 Å². The predicted molar refractivity (Wildman–Crippen MR) is 35.6 cm³/mol. The van der Waals surface area contributed by atoms with Crippen LogP contribution in [-0.2, 0) is 0 Å². The molecule has 1 atom stereocenters. The molecule has 0 aromatic carbocycles. The third kappa shape index (κ3) is 2.59. The molecule has 0 saturated heterocycles. The Kier molecular flexibility index (Phi) is 3.20. The van der Waals surface area contributed by atoms with Crippen LogP contribution in [0.15, 0.2) is 24.3 Å². The van der Waals surface area contributed by atoms with Gasteiger partial charge < -0.3 is 5.11 Å². The van der Waals surface area contributed by atoms with E-state index >= 15 is 0 Å². The maximum atomic E-state index is 8.84. The van der Waals surface area contributed by atoms with Crippen molar-refractivity contribution in [2.45, 2.75) is 20.0 Å². The van der Waals surface area contributed by atoms with Crippen LogP contribution in [0.5, 0.6) is 0 Å². The summed E-state index contributed by atoms with van der Waals surface area (Å²) in [4.78, 5) is 0. The van der Waals surface area contributed by atoms with Gasteiger partial charge in [-0.05, 0) is 19.4 Å². The van der Waals surface area contributed by atoms with E-state index in [-0.39, 0.29) is 6.10 Å². The van der Waals surface area contributed by atoms with Gasteiger partial charge in [-0.3, -0.25) is 0 Å². The van der Waals surface area contributed by atoms with Crippen LogP contribution in [0.1, 0.15) is 13.8 Å². The van der Waals surface area contributed by atoms with Crippen molar-refractivity contribution in [1.82, 2.24) is 0 Å². The van der Waals surface area contributed by atoms with Crippen molar-refractivity contribution in [2.24, 2.45) is 0 Å². The number of hydrogen-bond donors (Lipinski definition) is 1. The summed E-state index contributed by atoms with van der Waals surface area (Å²) in [5.41, 5.74) is 0.944. The predicted octanol–water partition coefficient (Wildman–Crippen LogP) is 1.50. The molecule has 0 heterocycles. The zero-order valence-electron chi connectivity index (χ0n) is 5.39. The summed E-state index contributed by atoms with van der Waals surface area (Å²) < 4.78 is 0. The molecule has 0 spiro atoms. The van der Waals surface area contributed by atoms with Crippen molar-refractivity contribution in [3.8, 4) is 0 Å². The van der Waals surface area contributed by atoms with Gasteiger partial charge in [0.25, 0.3) is 0 Å². The lowest BCUT2D eigenvalue weighted by atomic mass is 10.2. The first kappa shape index (κ1) is 7.44. The molecule has 0 aromatic heterocycles. The van der Waals surface area contributed by atoms with Gasteiger partial charge in [0.05, 0.1) is 6.10 Å². The first-order chi connectivity index (χ1) is 3.68. The molecule has 0 rings (SSSR count). The summed E-state index contributed by atoms with van der Waals surface area (Å²) in [6, 6.07) is 0. The Balaban J connectivity index is 3.78. The van der Waals surface area contributed by atoms with E-state index in [4.69, 9.17) is 5.11 Å². The van der Waals surface area contributed by atoms with E-state index in [0.29, 0.717) is 0 Å². The number of rotatable bonds is 2. The fourth-order valence-electron chi connectivity index (χ4n) is 0.325. The molecule has 1 N–H and O–H groups in total. The number of allylic oxidation sites excluding steroid dienone is 2. The summed E-state index contributed by atoms with van der Waals surface area (Å²) in [5.74, 6) is 0. The molecule has 0 amide bonds. The fraction of sp³-hybridized carbons (Fsp3) is 0.429. The number of aliphatic hydroxyl groups excluding tert-OH is 1. The second-order valence-corrected chi connectivity index (χ2v) is 1.82. The normalized spacial score (nSPS) is 15.6. The van der Waals surface area contributed by atoms with E-state index in [0.717, 1.165) is 5.57 Å². The quantitative estimate of drug-likeness (QED) is 0.537. The van der Waals surface area contributed by atoms with E-state index in [2.05, 4.69) is 6.58 Å². The van der Waals surface area contributed by atoms with E-state index < -0.39 is 0 Å². The molecule has 0 aromatic rings. The average molecular weight is 112 g/mol. The molecular formula is C7H12O. The lowest BCUT2D eigenvalue weighted by Gasteiger charge is -2.00. The molecule has 1 heteroatoms. The zero-order valence-corrected chi connectivity index (χ0v) is 5.39. The molecule has 0 aliphatic heterocycles. The first-order valence-electron chi connectivity index (χ1n) is 2.65. The van der Waals surface area contributed by atoms with Crippen molar-refractivity contribution in [2.75, 3.05) is 0 Å². The maximum absolute atomic E-state index is 8.84. The molecule has 0 unspecified atom stereocenters. The molecule has 1 nitrogen and oxygen atoms in total. The lowest BCUT2D eigenvalue weighted by molar-refractivity contribution is 0.231. The summed E-state index contributed by atoms with van der Waals surface area (Å²) in [7, 11) is 0. The Morgan fingerprint density at radius 3 is 2.38 bits per heavy atom. The average Bonchev–Trinajstić information content (AvgIpc) is 1.67. The molecule has 0 saturated carbocycles. The van der Waals surface area contributed by atoms with Gasteiger partial charge in [-0.25, -0.2) is 0 Å². The molecule has 0 bridgehead atoms. The first-order valence-corrected chi connectivity index (χ1v) is 2.65. The van der Waals surface area contributed by atoms with Crippen LogP contribution in [0.4, 0.5) is 0 Å². The highest BCUT2D eigenvalue weighted by Gasteiger charge is 1.93. The van der Waals surface area contributed by atoms with Crippen LogP contribution in [0, 0.1) is 0 Å². The van der Waals surface area contributed by atoms with Crippen molar-refractivity contribution in [3.63, 3.8) is 0 Å². The van der Waals surface area contributed by atoms with Crippen LogP contribution >= 0.6 is 0 Å². The highest BCUT2D eigenvalue weighted by molar-refractivity contribution is 5.10. The van der Waals surface area contributed by atoms with Crippen LogP contribution in [0.3, 0.4) is 0 Å². The molecule has 8 heavy (non-hydrogen) atoms. The molecule has 0 radical (unpaired) electrons. The minimum Gasteiger partial charge on any atom is -0.389 e. The summed E-state index contributed by atoms with van der Waals surface area (Å²) >= 11 is 0. The van der Waals surface area contributed by atoms with Crippen LogP contribution in [0.25, 0.3) is 0 Å². The number of aliphatic hydroxyl groups is 1. The van der Waals surface area contributed by atoms with Crippen LogP contribution in [-0.4, -0.2) is 11.2 Å². The molecule has 46 valence electrons. The van der Waals surface area contributed by atoms with E-state index in [1.54, 1.807) is 19.1 Å². The van der Waals surface area contributed by atoms with Gasteiger partial charge >= 0.3 is 0 Å². The van der Waals surface area contributed by atoms with Crippen molar-refractivity contribution < 1.29 is 5.11 Å². The van der Waals surface area contributed by atoms with Gasteiger partial charge in [0.1, 0.15) is 0 Å². The number of hydrogen-bond acceptors (Lipinski definition) is 1. The molecule has 0 aliphatic rings. The molecule has 0 aliphatic carbocycles. The minimum atomic E-state index is -0.340. The Morgan fingerprint density at radius 1 is 1.75 bits per heavy atom. The van der Waals surface area contributed by atoms with Crippen LogP contribution < -0.4 is 0 Å². The second kappa shape index (κ2) is 3.44. The van der Waals surface area contributed by atoms with Crippen molar-refractivity contribution >= 4 is 0 Å². The fourth-order valence-corrected chi connectivity index (χ4v) is 0.325. The van der Waals surface area contributed by atoms with Gasteiger partial charge in [0.15, 0.2) is 0 Å². The highest BCUT2D eigenvalue weighted by atomic mass is 16.3. The lowest BCUT2D eigenvalue weighted by Crippen LogP contribution is -1.99. The standard InChI is InChI=1S/C7H12O/c1-4-5-6(2)7(3)8/h4-5,7-8H,1H2,2-3H3/b6-5+/t7-/m0/s1. The van der Waals surface area contributed by atoms with Crippen LogP contribution in [0.2, 0.25) is 0 Å². The van der Waals surface area contributed by atoms with Gasteiger partial charge in [0.2, 0.25) is 0 Å². The summed E-state index contributed by atoms with van der Waals surface area (Å²) in [6.45, 7) is 7.09. The maximum Gasteiger partial charge on any atom is 0.0722 e. The third-order valence-electron chi connectivity index (χ3n) is 1.04.